The molecule has 0 N–H and O–H groups in total. The molecule has 1 aromatic heterocycles. The Morgan fingerprint density at radius 3 is 2.91 bits per heavy atom. The Morgan fingerprint density at radius 2 is 2.45 bits per heavy atom. The van der Waals surface area contributed by atoms with E-state index in [2.05, 4.69) is 5.16 Å². The van der Waals surface area contributed by atoms with E-state index in [1.807, 2.05) is 19.9 Å². The lowest BCUT2D eigenvalue weighted by atomic mass is 10.4. The largest absolute Gasteiger partial charge is 0.361 e. The van der Waals surface area contributed by atoms with Crippen molar-refractivity contribution in [3.8, 4) is 0 Å². The van der Waals surface area contributed by atoms with Gasteiger partial charge < -0.3 is 4.52 Å². The number of aromatic nitrogens is 1. The van der Waals surface area contributed by atoms with Crippen LogP contribution in [0, 0.1) is 6.92 Å². The lowest BCUT2D eigenvalue weighted by Crippen LogP contribution is -1.97. The monoisotopic (exact) mass is 173 g/mol. The molecule has 1 aromatic rings. The molecule has 4 heteroatoms. The van der Waals surface area contributed by atoms with E-state index in [1.165, 1.54) is 0 Å². The smallest absolute Gasteiger partial charge is 0.133 e. The number of hydrogen-bond donors (Lipinski definition) is 0. The van der Waals surface area contributed by atoms with Crippen LogP contribution in [-0.4, -0.2) is 15.1 Å². The summed E-state index contributed by atoms with van der Waals surface area (Å²) in [6.45, 7) is 3.72. The van der Waals surface area contributed by atoms with E-state index in [0.29, 0.717) is 11.5 Å². The minimum atomic E-state index is -0.787. The fraction of sp³-hybridized carbons (Fsp3) is 0.571. The van der Waals surface area contributed by atoms with Crippen LogP contribution in [0.25, 0.3) is 0 Å². The highest BCUT2D eigenvalue weighted by Gasteiger charge is 2.03. The van der Waals surface area contributed by atoms with Gasteiger partial charge in [-0.1, -0.05) is 12.1 Å². The minimum absolute atomic E-state index is 0.508. The Hall–Kier alpha value is -0.640. The number of rotatable bonds is 3. The zero-order chi connectivity index (χ0) is 8.27. The van der Waals surface area contributed by atoms with Crippen LogP contribution in [0.3, 0.4) is 0 Å². The molecule has 1 atom stereocenters. The quantitative estimate of drug-likeness (QED) is 0.691. The van der Waals surface area contributed by atoms with Crippen molar-refractivity contribution < 1.29 is 8.73 Å². The fourth-order valence-corrected chi connectivity index (χ4v) is 1.42. The van der Waals surface area contributed by atoms with Crippen molar-refractivity contribution in [2.24, 2.45) is 0 Å². The highest BCUT2D eigenvalue weighted by molar-refractivity contribution is 7.84. The zero-order valence-corrected chi connectivity index (χ0v) is 7.48. The van der Waals surface area contributed by atoms with Gasteiger partial charge in [0.05, 0.1) is 11.4 Å². The lowest BCUT2D eigenvalue weighted by molar-refractivity contribution is 0.392. The van der Waals surface area contributed by atoms with Gasteiger partial charge in [0.25, 0.3) is 0 Å². The third-order valence-corrected chi connectivity index (χ3v) is 2.57. The van der Waals surface area contributed by atoms with Crippen LogP contribution in [0.15, 0.2) is 10.6 Å². The lowest BCUT2D eigenvalue weighted by Gasteiger charge is -1.90. The van der Waals surface area contributed by atoms with E-state index in [9.17, 15) is 4.21 Å². The summed E-state index contributed by atoms with van der Waals surface area (Å²) >= 11 is 0. The first-order valence-electron chi connectivity index (χ1n) is 3.49. The normalized spacial score (nSPS) is 13.3. The topological polar surface area (TPSA) is 43.1 Å². The number of hydrogen-bond acceptors (Lipinski definition) is 3. The first kappa shape index (κ1) is 8.46. The van der Waals surface area contributed by atoms with Gasteiger partial charge in [-0.2, -0.15) is 0 Å². The minimum Gasteiger partial charge on any atom is -0.361 e. The molecular formula is C7H11NO2S. The van der Waals surface area contributed by atoms with Crippen molar-refractivity contribution in [1.82, 2.24) is 5.16 Å². The molecule has 0 aliphatic carbocycles. The highest BCUT2D eigenvalue weighted by Crippen LogP contribution is 2.04. The summed E-state index contributed by atoms with van der Waals surface area (Å²) in [6.07, 6.45) is 0. The first-order chi connectivity index (χ1) is 5.22. The molecule has 3 nitrogen and oxygen atoms in total. The van der Waals surface area contributed by atoms with E-state index in [0.717, 1.165) is 11.5 Å². The summed E-state index contributed by atoms with van der Waals surface area (Å²) in [6, 6.07) is 1.81. The average Bonchev–Trinajstić information content (AvgIpc) is 2.35. The first-order valence-corrected chi connectivity index (χ1v) is 4.98. The number of aryl methyl sites for hydroxylation is 1. The van der Waals surface area contributed by atoms with Crippen LogP contribution in [-0.2, 0) is 16.6 Å². The molecular weight excluding hydrogens is 162 g/mol. The average molecular weight is 173 g/mol. The van der Waals surface area contributed by atoms with Gasteiger partial charge in [-0.05, 0) is 6.92 Å². The maximum Gasteiger partial charge on any atom is 0.133 e. The Morgan fingerprint density at radius 1 is 1.73 bits per heavy atom. The second kappa shape index (κ2) is 3.67. The maximum absolute atomic E-state index is 11.0. The molecule has 0 aliphatic heterocycles. The Labute approximate surface area is 68.2 Å². The summed E-state index contributed by atoms with van der Waals surface area (Å²) in [5.74, 6) is 1.95. The molecule has 1 rings (SSSR count). The van der Waals surface area contributed by atoms with Crippen LogP contribution in [0.2, 0.25) is 0 Å². The molecule has 11 heavy (non-hydrogen) atoms. The van der Waals surface area contributed by atoms with Crippen LogP contribution < -0.4 is 0 Å². The van der Waals surface area contributed by atoms with Crippen LogP contribution >= 0.6 is 0 Å². The second-order valence-electron chi connectivity index (χ2n) is 2.30. The van der Waals surface area contributed by atoms with Crippen LogP contribution in [0.4, 0.5) is 0 Å². The fourth-order valence-electron chi connectivity index (χ4n) is 0.753. The van der Waals surface area contributed by atoms with Gasteiger partial charge in [0.2, 0.25) is 0 Å². The van der Waals surface area contributed by atoms with E-state index in [1.54, 1.807) is 0 Å². The predicted octanol–water partition coefficient (Wildman–Crippen LogP) is 1.25. The molecule has 0 spiro atoms. The SMILES string of the molecule is CCS(=O)Cc1cc(C)on1. The Bertz CT molecular complexity index is 257. The summed E-state index contributed by atoms with van der Waals surface area (Å²) in [5, 5.41) is 3.74. The van der Waals surface area contributed by atoms with Crippen molar-refractivity contribution in [3.05, 3.63) is 17.5 Å². The van der Waals surface area contributed by atoms with Gasteiger partial charge >= 0.3 is 0 Å². The Kier molecular flexibility index (Phi) is 2.82. The molecule has 0 amide bonds. The zero-order valence-electron chi connectivity index (χ0n) is 6.66. The summed E-state index contributed by atoms with van der Waals surface area (Å²) < 4.78 is 15.8. The van der Waals surface area contributed by atoms with Crippen LogP contribution in [0.5, 0.6) is 0 Å². The summed E-state index contributed by atoms with van der Waals surface area (Å²) in [5.41, 5.74) is 0.780. The van der Waals surface area contributed by atoms with Crippen molar-refractivity contribution in [2.75, 3.05) is 5.75 Å². The third-order valence-electron chi connectivity index (χ3n) is 1.31. The van der Waals surface area contributed by atoms with E-state index in [4.69, 9.17) is 4.52 Å². The van der Waals surface area contributed by atoms with Crippen LogP contribution in [0.1, 0.15) is 18.4 Å². The summed E-state index contributed by atoms with van der Waals surface area (Å²) in [4.78, 5) is 0. The molecule has 62 valence electrons. The van der Waals surface area contributed by atoms with Gasteiger partial charge in [-0.25, -0.2) is 0 Å². The van der Waals surface area contributed by atoms with Crippen molar-refractivity contribution in [1.29, 1.82) is 0 Å². The van der Waals surface area contributed by atoms with E-state index < -0.39 is 10.8 Å². The third kappa shape index (κ3) is 2.46. The van der Waals surface area contributed by atoms with Gasteiger partial charge in [0, 0.05) is 22.6 Å². The van der Waals surface area contributed by atoms with Gasteiger partial charge in [0.15, 0.2) is 0 Å². The van der Waals surface area contributed by atoms with Crippen molar-refractivity contribution in [3.63, 3.8) is 0 Å². The Balaban J connectivity index is 2.57. The maximum atomic E-state index is 11.0. The van der Waals surface area contributed by atoms with Gasteiger partial charge in [0.1, 0.15) is 5.76 Å². The molecule has 1 heterocycles. The molecule has 0 saturated carbocycles. The molecule has 1 unspecified atom stereocenters. The summed E-state index contributed by atoms with van der Waals surface area (Å²) in [7, 11) is -0.787. The van der Waals surface area contributed by atoms with E-state index in [-0.39, 0.29) is 0 Å². The predicted molar refractivity (Wildman–Crippen MR) is 43.6 cm³/mol. The molecule has 0 bridgehead atoms. The molecule has 0 fully saturated rings. The molecule has 0 saturated heterocycles. The number of nitrogens with zero attached hydrogens (tertiary/aromatic N) is 1. The molecule has 0 aliphatic rings. The standard InChI is InChI=1S/C7H11NO2S/c1-3-11(9)5-7-4-6(2)10-8-7/h4H,3,5H2,1-2H3. The molecule has 0 aromatic carbocycles. The van der Waals surface area contributed by atoms with Gasteiger partial charge in [-0.15, -0.1) is 0 Å². The van der Waals surface area contributed by atoms with Crippen molar-refractivity contribution >= 4 is 10.8 Å². The van der Waals surface area contributed by atoms with Crippen molar-refractivity contribution in [2.45, 2.75) is 19.6 Å². The second-order valence-corrected chi connectivity index (χ2v) is 4.05. The molecule has 0 radical (unpaired) electrons. The highest BCUT2D eigenvalue weighted by atomic mass is 32.2. The van der Waals surface area contributed by atoms with Gasteiger partial charge in [-0.3, -0.25) is 4.21 Å². The van der Waals surface area contributed by atoms with E-state index >= 15 is 0 Å².